The van der Waals surface area contributed by atoms with E-state index in [1.54, 1.807) is 7.05 Å². The number of amides is 1. The summed E-state index contributed by atoms with van der Waals surface area (Å²) in [5.41, 5.74) is -0.434. The normalized spacial score (nSPS) is 16.6. The van der Waals surface area contributed by atoms with Crippen molar-refractivity contribution in [1.82, 2.24) is 4.90 Å². The van der Waals surface area contributed by atoms with Crippen molar-refractivity contribution in [3.63, 3.8) is 0 Å². The molecule has 0 aliphatic heterocycles. The van der Waals surface area contributed by atoms with Crippen LogP contribution in [0.2, 0.25) is 0 Å². The van der Waals surface area contributed by atoms with Gasteiger partial charge in [0.2, 0.25) is 5.91 Å². The number of hydrogen-bond acceptors (Lipinski definition) is 2. The fraction of sp³-hybridized carbons (Fsp3) is 0.533. The van der Waals surface area contributed by atoms with Crippen LogP contribution in [0.15, 0.2) is 24.3 Å². The Morgan fingerprint density at radius 2 is 2.10 bits per heavy atom. The molecule has 116 valence electrons. The second kappa shape index (κ2) is 6.05. The molecule has 0 saturated heterocycles. The molecule has 1 amide bonds. The van der Waals surface area contributed by atoms with Crippen LogP contribution in [0.3, 0.4) is 0 Å². The van der Waals surface area contributed by atoms with E-state index in [-0.39, 0.29) is 24.8 Å². The summed E-state index contributed by atoms with van der Waals surface area (Å²) in [6, 6.07) is 4.76. The summed E-state index contributed by atoms with van der Waals surface area (Å²) in [6.07, 6.45) is -3.11. The molecule has 1 saturated carbocycles. The van der Waals surface area contributed by atoms with Crippen LogP contribution < -0.4 is 0 Å². The number of rotatable bonds is 5. The number of carbonyl (C=O) groups is 1. The van der Waals surface area contributed by atoms with E-state index >= 15 is 0 Å². The second-order valence-corrected chi connectivity index (χ2v) is 5.55. The van der Waals surface area contributed by atoms with Gasteiger partial charge in [0.25, 0.3) is 0 Å². The summed E-state index contributed by atoms with van der Waals surface area (Å²) < 4.78 is 37.8. The molecule has 0 aromatic heterocycles. The zero-order chi connectivity index (χ0) is 15.6. The lowest BCUT2D eigenvalue weighted by Gasteiger charge is -2.21. The molecule has 1 aliphatic rings. The average molecular weight is 301 g/mol. The standard InChI is InChI=1S/C15H18F3NO2/c1-19(9-13(20)11-5-6-11)14(21)8-10-3-2-4-12(7-10)15(16,17)18/h2-4,7,11,13,20H,5-6,8-9H2,1H3. The Hall–Kier alpha value is -1.56. The van der Waals surface area contributed by atoms with Crippen LogP contribution in [0.25, 0.3) is 0 Å². The number of carbonyl (C=O) groups excluding carboxylic acids is 1. The summed E-state index contributed by atoms with van der Waals surface area (Å²) >= 11 is 0. The highest BCUT2D eigenvalue weighted by molar-refractivity contribution is 5.78. The molecule has 0 spiro atoms. The van der Waals surface area contributed by atoms with E-state index in [0.29, 0.717) is 5.56 Å². The Kier molecular flexibility index (Phi) is 4.56. The van der Waals surface area contributed by atoms with Gasteiger partial charge in [-0.25, -0.2) is 0 Å². The third-order valence-corrected chi connectivity index (χ3v) is 3.66. The molecule has 2 rings (SSSR count). The van der Waals surface area contributed by atoms with Gasteiger partial charge in [0, 0.05) is 13.6 Å². The van der Waals surface area contributed by atoms with Crippen LogP contribution in [0.1, 0.15) is 24.0 Å². The first-order valence-electron chi connectivity index (χ1n) is 6.85. The van der Waals surface area contributed by atoms with Crippen molar-refractivity contribution >= 4 is 5.91 Å². The number of hydrogen-bond donors (Lipinski definition) is 1. The maximum atomic E-state index is 12.6. The Labute approximate surface area is 121 Å². The number of likely N-dealkylation sites (N-methyl/N-ethyl adjacent to an activating group) is 1. The molecular formula is C15H18F3NO2. The molecule has 3 nitrogen and oxygen atoms in total. The van der Waals surface area contributed by atoms with Crippen LogP contribution >= 0.6 is 0 Å². The molecule has 1 N–H and O–H groups in total. The minimum absolute atomic E-state index is 0.0994. The van der Waals surface area contributed by atoms with Crippen LogP contribution in [0.5, 0.6) is 0 Å². The van der Waals surface area contributed by atoms with E-state index in [0.717, 1.165) is 25.0 Å². The van der Waals surface area contributed by atoms with Gasteiger partial charge < -0.3 is 10.0 Å². The number of aliphatic hydroxyl groups excluding tert-OH is 1. The van der Waals surface area contributed by atoms with Gasteiger partial charge in [-0.05, 0) is 30.4 Å². The van der Waals surface area contributed by atoms with Gasteiger partial charge in [-0.15, -0.1) is 0 Å². The fourth-order valence-corrected chi connectivity index (χ4v) is 2.18. The first-order valence-corrected chi connectivity index (χ1v) is 6.85. The lowest BCUT2D eigenvalue weighted by molar-refractivity contribution is -0.138. The molecule has 0 bridgehead atoms. The maximum absolute atomic E-state index is 12.6. The quantitative estimate of drug-likeness (QED) is 0.907. The molecule has 1 aliphatic carbocycles. The van der Waals surface area contributed by atoms with Crippen molar-refractivity contribution in [2.45, 2.75) is 31.5 Å². The van der Waals surface area contributed by atoms with Gasteiger partial charge in [0.05, 0.1) is 18.1 Å². The van der Waals surface area contributed by atoms with Gasteiger partial charge in [-0.3, -0.25) is 4.79 Å². The number of aliphatic hydroxyl groups is 1. The largest absolute Gasteiger partial charge is 0.416 e. The predicted molar refractivity (Wildman–Crippen MR) is 71.5 cm³/mol. The molecule has 0 radical (unpaired) electrons. The SMILES string of the molecule is CN(CC(O)C1CC1)C(=O)Cc1cccc(C(F)(F)F)c1. The highest BCUT2D eigenvalue weighted by atomic mass is 19.4. The number of benzene rings is 1. The summed E-state index contributed by atoms with van der Waals surface area (Å²) in [5, 5.41) is 9.78. The molecule has 1 atom stereocenters. The van der Waals surface area contributed by atoms with E-state index in [2.05, 4.69) is 0 Å². The first-order chi connectivity index (χ1) is 9.77. The van der Waals surface area contributed by atoms with Crippen LogP contribution in [0, 0.1) is 5.92 Å². The van der Waals surface area contributed by atoms with Gasteiger partial charge >= 0.3 is 6.18 Å². The lowest BCUT2D eigenvalue weighted by atomic mass is 10.1. The molecule has 1 fully saturated rings. The third-order valence-electron chi connectivity index (χ3n) is 3.66. The van der Waals surface area contributed by atoms with Crippen LogP contribution in [-0.2, 0) is 17.4 Å². The van der Waals surface area contributed by atoms with E-state index in [1.807, 2.05) is 0 Å². The van der Waals surface area contributed by atoms with Crippen molar-refractivity contribution in [2.75, 3.05) is 13.6 Å². The van der Waals surface area contributed by atoms with E-state index in [4.69, 9.17) is 0 Å². The molecule has 6 heteroatoms. The third kappa shape index (κ3) is 4.46. The topological polar surface area (TPSA) is 40.5 Å². The Morgan fingerprint density at radius 1 is 1.43 bits per heavy atom. The molecule has 1 unspecified atom stereocenters. The van der Waals surface area contributed by atoms with Gasteiger partial charge in [0.15, 0.2) is 0 Å². The molecule has 1 aromatic rings. The van der Waals surface area contributed by atoms with Gasteiger partial charge in [0.1, 0.15) is 0 Å². The Bertz CT molecular complexity index is 512. The average Bonchev–Trinajstić information content (AvgIpc) is 3.22. The Balaban J connectivity index is 1.95. The van der Waals surface area contributed by atoms with E-state index in [9.17, 15) is 23.1 Å². The van der Waals surface area contributed by atoms with Crippen LogP contribution in [-0.4, -0.2) is 35.6 Å². The van der Waals surface area contributed by atoms with Crippen molar-refractivity contribution in [3.8, 4) is 0 Å². The lowest BCUT2D eigenvalue weighted by Crippen LogP contribution is -2.36. The zero-order valence-electron chi connectivity index (χ0n) is 11.7. The number of nitrogens with zero attached hydrogens (tertiary/aromatic N) is 1. The summed E-state index contributed by atoms with van der Waals surface area (Å²) in [7, 11) is 1.56. The smallest absolute Gasteiger partial charge is 0.391 e. The highest BCUT2D eigenvalue weighted by Gasteiger charge is 2.32. The molecule has 1 aromatic carbocycles. The summed E-state index contributed by atoms with van der Waals surface area (Å²) in [4.78, 5) is 13.4. The van der Waals surface area contributed by atoms with Crippen molar-refractivity contribution < 1.29 is 23.1 Å². The van der Waals surface area contributed by atoms with Crippen LogP contribution in [0.4, 0.5) is 13.2 Å². The van der Waals surface area contributed by atoms with Crippen molar-refractivity contribution in [1.29, 1.82) is 0 Å². The van der Waals surface area contributed by atoms with Crippen molar-refractivity contribution in [2.24, 2.45) is 5.92 Å². The minimum atomic E-state index is -4.41. The van der Waals surface area contributed by atoms with Crippen molar-refractivity contribution in [3.05, 3.63) is 35.4 Å². The first kappa shape index (κ1) is 15.8. The predicted octanol–water partition coefficient (Wildman–Crippen LogP) is 2.48. The maximum Gasteiger partial charge on any atom is 0.416 e. The molecular weight excluding hydrogens is 283 g/mol. The van der Waals surface area contributed by atoms with Gasteiger partial charge in [-0.1, -0.05) is 18.2 Å². The van der Waals surface area contributed by atoms with E-state index in [1.165, 1.54) is 17.0 Å². The monoisotopic (exact) mass is 301 g/mol. The summed E-state index contributed by atoms with van der Waals surface area (Å²) in [5.74, 6) is -0.0390. The molecule has 0 heterocycles. The number of halogens is 3. The second-order valence-electron chi connectivity index (χ2n) is 5.55. The highest BCUT2D eigenvalue weighted by Crippen LogP contribution is 2.33. The van der Waals surface area contributed by atoms with Gasteiger partial charge in [-0.2, -0.15) is 13.2 Å². The summed E-state index contributed by atoms with van der Waals surface area (Å²) in [6.45, 7) is 0.225. The Morgan fingerprint density at radius 3 is 2.67 bits per heavy atom. The fourth-order valence-electron chi connectivity index (χ4n) is 2.18. The minimum Gasteiger partial charge on any atom is -0.391 e. The molecule has 21 heavy (non-hydrogen) atoms. The van der Waals surface area contributed by atoms with E-state index < -0.39 is 17.8 Å². The number of alkyl halides is 3. The zero-order valence-corrected chi connectivity index (χ0v) is 11.7.